The molecular formula is C20H24N9O5S3+. The number of nitrogen functional groups attached to an aromatic ring is 3. The minimum atomic E-state index is -1.23. The number of aromatic nitrogens is 3. The number of nitrogens with one attached hydrogen (secondary N) is 1. The second kappa shape index (κ2) is 10.8. The maximum Gasteiger partial charge on any atom is 0.352 e. The molecule has 1 saturated heterocycles. The van der Waals surface area contributed by atoms with Crippen LogP contribution in [-0.4, -0.2) is 66.9 Å². The van der Waals surface area contributed by atoms with Crippen LogP contribution < -0.4 is 27.1 Å². The van der Waals surface area contributed by atoms with E-state index in [0.717, 1.165) is 6.21 Å². The van der Waals surface area contributed by atoms with E-state index >= 15 is 0 Å². The second-order valence-electron chi connectivity index (χ2n) is 7.98. The molecule has 2 aliphatic rings. The van der Waals surface area contributed by atoms with Gasteiger partial charge in [-0.05, 0) is 24.3 Å². The van der Waals surface area contributed by atoms with Gasteiger partial charge in [0.05, 0.1) is 18.8 Å². The molecule has 0 aromatic carbocycles. The number of carbonyl (C=O) groups is 3. The molecule has 2 aliphatic heterocycles. The number of nitrogens with two attached hydrogens (primary N) is 3. The van der Waals surface area contributed by atoms with Gasteiger partial charge < -0.3 is 32.5 Å². The van der Waals surface area contributed by atoms with E-state index in [4.69, 9.17) is 22.0 Å². The third-order valence-corrected chi connectivity index (χ3v) is 8.61. The molecule has 2 amide bonds. The third kappa shape index (κ3) is 5.57. The number of anilines is 3. The molecule has 0 bridgehead atoms. The Kier molecular flexibility index (Phi) is 7.74. The highest BCUT2D eigenvalue weighted by Gasteiger charge is 2.54. The zero-order chi connectivity index (χ0) is 26.9. The van der Waals surface area contributed by atoms with Crippen molar-refractivity contribution in [2.45, 2.75) is 29.6 Å². The molecule has 37 heavy (non-hydrogen) atoms. The van der Waals surface area contributed by atoms with Gasteiger partial charge in [0.25, 0.3) is 11.8 Å². The van der Waals surface area contributed by atoms with Crippen LogP contribution in [0.5, 0.6) is 0 Å². The molecule has 4 rings (SSSR count). The van der Waals surface area contributed by atoms with E-state index in [1.54, 1.807) is 23.9 Å². The third-order valence-electron chi connectivity index (χ3n) is 5.46. The number of fused-ring (bicyclic) bond motifs is 1. The molecule has 8 N–H and O–H groups in total. The largest absolute Gasteiger partial charge is 0.477 e. The fraction of sp³-hybridized carbons (Fsp3) is 0.350. The Bertz CT molecular complexity index is 1310. The summed E-state index contributed by atoms with van der Waals surface area (Å²) in [6, 6.07) is 0.630. The van der Waals surface area contributed by atoms with Crippen LogP contribution in [0.4, 0.5) is 16.8 Å². The first kappa shape index (κ1) is 26.5. The van der Waals surface area contributed by atoms with E-state index in [1.165, 1.54) is 45.8 Å². The number of hydrogen-bond acceptors (Lipinski definition) is 13. The summed E-state index contributed by atoms with van der Waals surface area (Å²) in [4.78, 5) is 51.9. The fourth-order valence-corrected chi connectivity index (χ4v) is 6.68. The molecular weight excluding hydrogens is 542 g/mol. The monoisotopic (exact) mass is 566 g/mol. The Balaban J connectivity index is 1.38. The van der Waals surface area contributed by atoms with Gasteiger partial charge in [-0.3, -0.25) is 14.5 Å². The van der Waals surface area contributed by atoms with Crippen molar-refractivity contribution >= 4 is 75.6 Å². The van der Waals surface area contributed by atoms with Gasteiger partial charge >= 0.3 is 11.1 Å². The fourth-order valence-electron chi connectivity index (χ4n) is 3.55. The van der Waals surface area contributed by atoms with Crippen LogP contribution in [0.15, 0.2) is 33.0 Å². The van der Waals surface area contributed by atoms with Crippen molar-refractivity contribution in [2.24, 2.45) is 12.2 Å². The highest BCUT2D eigenvalue weighted by Crippen LogP contribution is 2.41. The van der Waals surface area contributed by atoms with E-state index in [0.29, 0.717) is 33.1 Å². The average molecular weight is 567 g/mol. The Morgan fingerprint density at radius 3 is 2.86 bits per heavy atom. The number of thiazole rings is 1. The van der Waals surface area contributed by atoms with Crippen LogP contribution in [-0.2, 0) is 26.3 Å². The first-order chi connectivity index (χ1) is 17.6. The lowest BCUT2D eigenvalue weighted by molar-refractivity contribution is -0.698. The number of β-lactam (4-membered cyclic amide) rings is 1. The van der Waals surface area contributed by atoms with Crippen molar-refractivity contribution in [1.82, 2.24) is 20.2 Å². The van der Waals surface area contributed by atoms with E-state index in [9.17, 15) is 19.5 Å². The summed E-state index contributed by atoms with van der Waals surface area (Å²) >= 11 is 3.87. The maximum absolute atomic E-state index is 12.8. The highest BCUT2D eigenvalue weighted by molar-refractivity contribution is 8.01. The van der Waals surface area contributed by atoms with Crippen molar-refractivity contribution in [3.05, 3.63) is 28.4 Å². The predicted molar refractivity (Wildman–Crippen MR) is 139 cm³/mol. The van der Waals surface area contributed by atoms with Gasteiger partial charge in [-0.15, -0.1) is 23.1 Å². The summed E-state index contributed by atoms with van der Waals surface area (Å²) in [7, 11) is 1.72. The van der Waals surface area contributed by atoms with Crippen molar-refractivity contribution in [3.8, 4) is 0 Å². The van der Waals surface area contributed by atoms with Crippen LogP contribution in [0.25, 0.3) is 0 Å². The van der Waals surface area contributed by atoms with Crippen molar-refractivity contribution in [3.63, 3.8) is 0 Å². The summed E-state index contributed by atoms with van der Waals surface area (Å²) in [5.41, 5.74) is 18.3. The molecule has 196 valence electrons. The molecule has 2 aromatic rings. The number of hydrogen-bond donors (Lipinski definition) is 5. The highest BCUT2D eigenvalue weighted by atomic mass is 32.2. The number of carboxylic acids is 1. The Morgan fingerprint density at radius 1 is 1.43 bits per heavy atom. The van der Waals surface area contributed by atoms with E-state index < -0.39 is 35.3 Å². The van der Waals surface area contributed by atoms with Crippen molar-refractivity contribution in [2.75, 3.05) is 28.7 Å². The minimum Gasteiger partial charge on any atom is -0.477 e. The van der Waals surface area contributed by atoms with Crippen molar-refractivity contribution < 1.29 is 28.9 Å². The van der Waals surface area contributed by atoms with E-state index in [-0.39, 0.29) is 17.3 Å². The molecule has 1 fully saturated rings. The summed E-state index contributed by atoms with van der Waals surface area (Å²) in [6.07, 6.45) is 0.392. The van der Waals surface area contributed by atoms with E-state index in [2.05, 4.69) is 20.4 Å². The molecule has 14 nitrogen and oxygen atoms in total. The molecule has 0 aliphatic carbocycles. The first-order valence-corrected chi connectivity index (χ1v) is 13.6. The molecule has 3 unspecified atom stereocenters. The maximum atomic E-state index is 12.8. The number of nitrogens with zero attached hydrogens (tertiary/aromatic N) is 5. The molecule has 4 heterocycles. The van der Waals surface area contributed by atoms with Gasteiger partial charge in [-0.25, -0.2) is 14.3 Å². The topological polar surface area (TPSA) is 216 Å². The van der Waals surface area contributed by atoms with Gasteiger partial charge in [-0.1, -0.05) is 10.1 Å². The van der Waals surface area contributed by atoms with Crippen LogP contribution in [0, 0.1) is 0 Å². The number of rotatable bonds is 9. The lowest BCUT2D eigenvalue weighted by atomic mass is 10.0. The SMILES string of the molecule is CC(O/N=C\C(=O)NC1C(=O)N2C(C(=O)O)=C(CSc3nc(N)cc(N)[n+]3C)CSC12)c1csc(N)n1. The number of oxime groups is 1. The van der Waals surface area contributed by atoms with Gasteiger partial charge in [0, 0.05) is 16.9 Å². The number of carbonyl (C=O) groups excluding carboxylic acids is 2. The molecule has 2 aromatic heterocycles. The zero-order valence-corrected chi connectivity index (χ0v) is 22.1. The van der Waals surface area contributed by atoms with Gasteiger partial charge in [0.2, 0.25) is 11.6 Å². The minimum absolute atomic E-state index is 0.0976. The Labute approximate surface area is 223 Å². The lowest BCUT2D eigenvalue weighted by Gasteiger charge is -2.49. The van der Waals surface area contributed by atoms with Crippen LogP contribution >= 0.6 is 34.9 Å². The average Bonchev–Trinajstić information content (AvgIpc) is 3.29. The summed E-state index contributed by atoms with van der Waals surface area (Å²) < 4.78 is 1.64. The van der Waals surface area contributed by atoms with E-state index in [1.807, 2.05) is 0 Å². The van der Waals surface area contributed by atoms with Crippen LogP contribution in [0.2, 0.25) is 0 Å². The molecule has 17 heteroatoms. The predicted octanol–water partition coefficient (Wildman–Crippen LogP) is -0.296. The standard InChI is InChI=1S/C20H23N9O5S3/c1-8(10-7-36-19(23)25-10)34-24-4-13(30)27-14-16(31)29-15(18(32)33)9(5-35-17(14)29)6-37-20-26-11(21)3-12(22)28(20)2/h3-4,7-8,14,17H,5-6H2,1-2H3,(H7,21,22,23,25,27,30,32,33)/p+1/b24-4-. The summed E-state index contributed by atoms with van der Waals surface area (Å²) in [5.74, 6) is -1.13. The first-order valence-electron chi connectivity index (χ1n) is 10.7. The second-order valence-corrected chi connectivity index (χ2v) is 10.9. The summed E-state index contributed by atoms with van der Waals surface area (Å²) in [5, 5.41) is 18.1. The number of amides is 2. The zero-order valence-electron chi connectivity index (χ0n) is 19.7. The Morgan fingerprint density at radius 2 is 2.19 bits per heavy atom. The van der Waals surface area contributed by atoms with Gasteiger partial charge in [-0.2, -0.15) is 0 Å². The number of aliphatic carboxylic acids is 1. The normalized spacial score (nSPS) is 19.9. The molecule has 0 spiro atoms. The van der Waals surface area contributed by atoms with Crippen LogP contribution in [0.1, 0.15) is 18.7 Å². The van der Waals surface area contributed by atoms with Crippen LogP contribution in [0.3, 0.4) is 0 Å². The number of thioether (sulfide) groups is 2. The summed E-state index contributed by atoms with van der Waals surface area (Å²) in [6.45, 7) is 1.70. The van der Waals surface area contributed by atoms with Gasteiger partial charge in [0.1, 0.15) is 23.3 Å². The van der Waals surface area contributed by atoms with Gasteiger partial charge in [0.15, 0.2) is 11.2 Å². The molecule has 0 saturated carbocycles. The lowest BCUT2D eigenvalue weighted by Crippen LogP contribution is -2.70. The molecule has 0 radical (unpaired) electrons. The van der Waals surface area contributed by atoms with Crippen molar-refractivity contribution in [1.29, 1.82) is 0 Å². The Hall–Kier alpha value is -3.57. The quantitative estimate of drug-likeness (QED) is 0.0660. The molecule has 3 atom stereocenters. The smallest absolute Gasteiger partial charge is 0.352 e. The number of carboxylic acid groups (broad SMARTS) is 1.